The number of nitrogens with one attached hydrogen (secondary N) is 1. The van der Waals surface area contributed by atoms with Crippen LogP contribution in [0, 0.1) is 0 Å². The van der Waals surface area contributed by atoms with Gasteiger partial charge in [0.25, 0.3) is 10.0 Å². The van der Waals surface area contributed by atoms with E-state index in [2.05, 4.69) is 20.2 Å². The third kappa shape index (κ3) is 4.06. The predicted molar refractivity (Wildman–Crippen MR) is 98.8 cm³/mol. The van der Waals surface area contributed by atoms with E-state index in [9.17, 15) is 21.6 Å². The summed E-state index contributed by atoms with van der Waals surface area (Å²) in [6.07, 6.45) is -2.85. The molecular formula is C17H13ClF3N5O2S. The Bertz CT molecular complexity index is 1180. The topological polar surface area (TPSA) is 89.8 Å². The zero-order valence-electron chi connectivity index (χ0n) is 14.6. The number of anilines is 1. The van der Waals surface area contributed by atoms with Gasteiger partial charge in [-0.25, -0.2) is 13.1 Å². The molecule has 0 unspecified atom stereocenters. The molecule has 1 fully saturated rings. The molecule has 0 saturated heterocycles. The predicted octanol–water partition coefficient (Wildman–Crippen LogP) is 4.15. The number of nitrogens with zero attached hydrogens (tertiary/aromatic N) is 4. The molecule has 0 atom stereocenters. The molecule has 2 aromatic carbocycles. The summed E-state index contributed by atoms with van der Waals surface area (Å²) in [7, 11) is -4.28. The highest BCUT2D eigenvalue weighted by Crippen LogP contribution is 2.38. The van der Waals surface area contributed by atoms with Crippen LogP contribution in [0.2, 0.25) is 5.02 Å². The lowest BCUT2D eigenvalue weighted by atomic mass is 10.2. The van der Waals surface area contributed by atoms with E-state index in [0.717, 1.165) is 25.0 Å². The highest BCUT2D eigenvalue weighted by atomic mass is 35.5. The normalized spacial score (nSPS) is 14.8. The van der Waals surface area contributed by atoms with Gasteiger partial charge < -0.3 is 0 Å². The highest BCUT2D eigenvalue weighted by Gasteiger charge is 2.34. The Balaban J connectivity index is 1.65. The van der Waals surface area contributed by atoms with Crippen LogP contribution in [0.3, 0.4) is 0 Å². The molecule has 1 heterocycles. The molecule has 3 aromatic rings. The van der Waals surface area contributed by atoms with Crippen LogP contribution in [0.15, 0.2) is 47.4 Å². The Labute approximate surface area is 168 Å². The van der Waals surface area contributed by atoms with Crippen LogP contribution < -0.4 is 4.72 Å². The van der Waals surface area contributed by atoms with Crippen molar-refractivity contribution in [1.29, 1.82) is 0 Å². The van der Waals surface area contributed by atoms with Gasteiger partial charge in [-0.3, -0.25) is 4.72 Å². The smallest absolute Gasteiger partial charge is 0.280 e. The molecule has 0 radical (unpaired) electrons. The quantitative estimate of drug-likeness (QED) is 0.639. The summed E-state index contributed by atoms with van der Waals surface area (Å²) < 4.78 is 68.3. The van der Waals surface area contributed by atoms with Crippen molar-refractivity contribution in [2.24, 2.45) is 0 Å². The average Bonchev–Trinajstić information content (AvgIpc) is 3.37. The molecule has 29 heavy (non-hydrogen) atoms. The number of tetrazole rings is 1. The number of benzene rings is 2. The van der Waals surface area contributed by atoms with Gasteiger partial charge in [-0.2, -0.15) is 13.2 Å². The maximum Gasteiger partial charge on any atom is 0.417 e. The van der Waals surface area contributed by atoms with Crippen molar-refractivity contribution in [2.75, 3.05) is 4.72 Å². The first-order chi connectivity index (χ1) is 13.6. The zero-order chi connectivity index (χ0) is 20.8. The monoisotopic (exact) mass is 443 g/mol. The lowest BCUT2D eigenvalue weighted by Gasteiger charge is -2.13. The Kier molecular flexibility index (Phi) is 4.74. The molecule has 1 aliphatic rings. The minimum absolute atomic E-state index is 0.163. The van der Waals surface area contributed by atoms with E-state index in [1.807, 2.05) is 0 Å². The number of aromatic nitrogens is 4. The Hall–Kier alpha value is -2.66. The average molecular weight is 444 g/mol. The van der Waals surface area contributed by atoms with Gasteiger partial charge in [0.2, 0.25) is 0 Å². The molecule has 0 amide bonds. The standard InChI is InChI=1S/C17H13ClF3N5O2S/c18-15-7-6-13(9-14(15)17(19,20)21)29(27,28)23-11-3-1-2-10(8-11)16-22-24-25-26(16)12-4-5-12/h1-3,6-9,12,23H,4-5H2. The number of hydrogen-bond donors (Lipinski definition) is 1. The van der Waals surface area contributed by atoms with Gasteiger partial charge in [0.05, 0.1) is 21.5 Å². The number of alkyl halides is 3. The van der Waals surface area contributed by atoms with E-state index in [-0.39, 0.29) is 11.7 Å². The molecule has 152 valence electrons. The molecule has 12 heteroatoms. The Morgan fingerprint density at radius 1 is 1.14 bits per heavy atom. The van der Waals surface area contributed by atoms with Crippen molar-refractivity contribution in [2.45, 2.75) is 30.0 Å². The maximum absolute atomic E-state index is 13.0. The Morgan fingerprint density at radius 3 is 2.59 bits per heavy atom. The third-order valence-corrected chi connectivity index (χ3v) is 6.02. The Morgan fingerprint density at radius 2 is 1.90 bits per heavy atom. The van der Waals surface area contributed by atoms with Gasteiger partial charge in [0, 0.05) is 11.3 Å². The van der Waals surface area contributed by atoms with Crippen molar-refractivity contribution in [1.82, 2.24) is 20.2 Å². The molecule has 0 spiro atoms. The van der Waals surface area contributed by atoms with Gasteiger partial charge in [0.15, 0.2) is 5.82 Å². The van der Waals surface area contributed by atoms with Crippen LogP contribution in [0.25, 0.3) is 11.4 Å². The van der Waals surface area contributed by atoms with E-state index in [1.54, 1.807) is 16.8 Å². The molecular weight excluding hydrogens is 431 g/mol. The molecule has 0 aliphatic heterocycles. The number of sulfonamides is 1. The first kappa shape index (κ1) is 19.6. The van der Waals surface area contributed by atoms with Gasteiger partial charge >= 0.3 is 6.18 Å². The largest absolute Gasteiger partial charge is 0.417 e. The second-order valence-corrected chi connectivity index (χ2v) is 8.59. The van der Waals surface area contributed by atoms with Crippen molar-refractivity contribution in [3.8, 4) is 11.4 Å². The molecule has 1 aromatic heterocycles. The summed E-state index contributed by atoms with van der Waals surface area (Å²) in [6, 6.07) is 8.94. The summed E-state index contributed by atoms with van der Waals surface area (Å²) in [5.41, 5.74) is -0.482. The SMILES string of the molecule is O=S(=O)(Nc1cccc(-c2nnnn2C2CC2)c1)c1ccc(Cl)c(C(F)(F)F)c1. The third-order valence-electron chi connectivity index (χ3n) is 4.31. The fourth-order valence-corrected chi connectivity index (χ4v) is 4.07. The fraction of sp³-hybridized carbons (Fsp3) is 0.235. The summed E-state index contributed by atoms with van der Waals surface area (Å²) in [5, 5.41) is 11.0. The van der Waals surface area contributed by atoms with Crippen LogP contribution in [0.1, 0.15) is 24.4 Å². The van der Waals surface area contributed by atoms with Gasteiger partial charge in [0.1, 0.15) is 0 Å². The lowest BCUT2D eigenvalue weighted by molar-refractivity contribution is -0.137. The second kappa shape index (κ2) is 6.99. The van der Waals surface area contributed by atoms with Crippen molar-refractivity contribution in [3.63, 3.8) is 0 Å². The summed E-state index contributed by atoms with van der Waals surface area (Å²) in [5.74, 6) is 0.486. The zero-order valence-corrected chi connectivity index (χ0v) is 16.1. The van der Waals surface area contributed by atoms with Crippen LogP contribution in [0.5, 0.6) is 0 Å². The van der Waals surface area contributed by atoms with Gasteiger partial charge in [-0.05, 0) is 53.6 Å². The van der Waals surface area contributed by atoms with Crippen molar-refractivity contribution >= 4 is 27.3 Å². The second-order valence-electron chi connectivity index (χ2n) is 6.50. The van der Waals surface area contributed by atoms with Crippen molar-refractivity contribution in [3.05, 3.63) is 53.1 Å². The molecule has 0 bridgehead atoms. The minimum atomic E-state index is -4.78. The first-order valence-electron chi connectivity index (χ1n) is 8.43. The molecule has 7 nitrogen and oxygen atoms in total. The van der Waals surface area contributed by atoms with E-state index in [4.69, 9.17) is 11.6 Å². The summed E-state index contributed by atoms with van der Waals surface area (Å²) >= 11 is 5.56. The van der Waals surface area contributed by atoms with E-state index < -0.39 is 31.7 Å². The summed E-state index contributed by atoms with van der Waals surface area (Å²) in [6.45, 7) is 0. The fourth-order valence-electron chi connectivity index (χ4n) is 2.77. The molecule has 1 N–H and O–H groups in total. The highest BCUT2D eigenvalue weighted by molar-refractivity contribution is 7.92. The number of hydrogen-bond acceptors (Lipinski definition) is 5. The van der Waals surface area contributed by atoms with Gasteiger partial charge in [-0.1, -0.05) is 23.7 Å². The molecule has 1 saturated carbocycles. The van der Waals surface area contributed by atoms with Gasteiger partial charge in [-0.15, -0.1) is 5.10 Å². The number of halogens is 4. The lowest BCUT2D eigenvalue weighted by Crippen LogP contribution is -2.15. The summed E-state index contributed by atoms with van der Waals surface area (Å²) in [4.78, 5) is -0.553. The van der Waals surface area contributed by atoms with E-state index in [1.165, 1.54) is 12.1 Å². The van der Waals surface area contributed by atoms with Crippen LogP contribution in [-0.2, 0) is 16.2 Å². The van der Waals surface area contributed by atoms with E-state index in [0.29, 0.717) is 17.5 Å². The maximum atomic E-state index is 13.0. The number of rotatable bonds is 5. The first-order valence-corrected chi connectivity index (χ1v) is 10.3. The molecule has 1 aliphatic carbocycles. The van der Waals surface area contributed by atoms with Crippen LogP contribution >= 0.6 is 11.6 Å². The van der Waals surface area contributed by atoms with Crippen LogP contribution in [-0.4, -0.2) is 28.6 Å². The van der Waals surface area contributed by atoms with Crippen molar-refractivity contribution < 1.29 is 21.6 Å². The van der Waals surface area contributed by atoms with E-state index >= 15 is 0 Å². The minimum Gasteiger partial charge on any atom is -0.280 e. The molecule has 4 rings (SSSR count). The van der Waals surface area contributed by atoms with Crippen LogP contribution in [0.4, 0.5) is 18.9 Å².